The van der Waals surface area contributed by atoms with Crippen molar-refractivity contribution in [1.29, 1.82) is 0 Å². The number of aryl methyl sites for hydroxylation is 2. The van der Waals surface area contributed by atoms with Crippen molar-refractivity contribution in [2.45, 2.75) is 20.4 Å². The van der Waals surface area contributed by atoms with Gasteiger partial charge in [0.15, 0.2) is 4.80 Å². The third kappa shape index (κ3) is 3.20. The number of aromatic nitrogens is 1. The van der Waals surface area contributed by atoms with Gasteiger partial charge in [-0.1, -0.05) is 40.6 Å². The lowest BCUT2D eigenvalue weighted by molar-refractivity contribution is 0.0998. The molecule has 23 heavy (non-hydrogen) atoms. The van der Waals surface area contributed by atoms with Crippen LogP contribution in [0.25, 0.3) is 10.2 Å². The molecule has 3 rings (SSSR count). The summed E-state index contributed by atoms with van der Waals surface area (Å²) in [5, 5.41) is 0.812. The minimum absolute atomic E-state index is 0.315. The lowest BCUT2D eigenvalue weighted by Crippen LogP contribution is -2.16. The SMILES string of the molecule is CCn1c(=NC(=O)c2cc(Cl)ccc2Cl)sc2cc(C)ccc21. The molecule has 0 bridgehead atoms. The Bertz CT molecular complexity index is 972. The molecule has 0 aliphatic heterocycles. The molecule has 1 heterocycles. The van der Waals surface area contributed by atoms with Crippen molar-refractivity contribution in [2.75, 3.05) is 0 Å². The summed E-state index contributed by atoms with van der Waals surface area (Å²) in [7, 11) is 0. The zero-order valence-electron chi connectivity index (χ0n) is 12.6. The number of amides is 1. The molecular formula is C17H14Cl2N2OS. The second-order valence-electron chi connectivity index (χ2n) is 5.14. The van der Waals surface area contributed by atoms with Crippen LogP contribution < -0.4 is 4.80 Å². The van der Waals surface area contributed by atoms with Crippen LogP contribution >= 0.6 is 34.5 Å². The summed E-state index contributed by atoms with van der Waals surface area (Å²) < 4.78 is 3.13. The minimum Gasteiger partial charge on any atom is -0.317 e. The van der Waals surface area contributed by atoms with Gasteiger partial charge in [-0.25, -0.2) is 0 Å². The van der Waals surface area contributed by atoms with E-state index in [0.29, 0.717) is 20.4 Å². The smallest absolute Gasteiger partial charge is 0.281 e. The molecule has 0 saturated heterocycles. The van der Waals surface area contributed by atoms with Gasteiger partial charge in [-0.15, -0.1) is 0 Å². The zero-order chi connectivity index (χ0) is 16.6. The lowest BCUT2D eigenvalue weighted by Gasteiger charge is -2.02. The summed E-state index contributed by atoms with van der Waals surface area (Å²) in [4.78, 5) is 17.4. The van der Waals surface area contributed by atoms with E-state index in [-0.39, 0.29) is 5.91 Å². The van der Waals surface area contributed by atoms with E-state index in [4.69, 9.17) is 23.2 Å². The Hall–Kier alpha value is -1.62. The molecule has 0 aliphatic rings. The number of hydrogen-bond acceptors (Lipinski definition) is 2. The number of carbonyl (C=O) groups excluding carboxylic acids is 1. The first-order valence-electron chi connectivity index (χ1n) is 7.13. The molecule has 2 aromatic carbocycles. The van der Waals surface area contributed by atoms with Crippen molar-refractivity contribution in [3.63, 3.8) is 0 Å². The third-order valence-corrected chi connectivity index (χ3v) is 5.12. The van der Waals surface area contributed by atoms with Gasteiger partial charge < -0.3 is 4.57 Å². The molecule has 1 amide bonds. The number of carbonyl (C=O) groups is 1. The molecule has 0 unspecified atom stereocenters. The maximum absolute atomic E-state index is 12.5. The van der Waals surface area contributed by atoms with Crippen molar-refractivity contribution in [3.8, 4) is 0 Å². The Morgan fingerprint density at radius 3 is 2.74 bits per heavy atom. The van der Waals surface area contributed by atoms with Gasteiger partial charge in [0, 0.05) is 11.6 Å². The van der Waals surface area contributed by atoms with Gasteiger partial charge in [0.25, 0.3) is 5.91 Å². The predicted molar refractivity (Wildman–Crippen MR) is 96.6 cm³/mol. The summed E-state index contributed by atoms with van der Waals surface area (Å²) in [6.45, 7) is 4.81. The second-order valence-corrected chi connectivity index (χ2v) is 6.99. The fraction of sp³-hybridized carbons (Fsp3) is 0.176. The third-order valence-electron chi connectivity index (χ3n) is 3.51. The summed E-state index contributed by atoms with van der Waals surface area (Å²) >= 11 is 13.5. The van der Waals surface area contributed by atoms with E-state index in [1.165, 1.54) is 16.9 Å². The Kier molecular flexibility index (Phi) is 4.57. The maximum Gasteiger partial charge on any atom is 0.281 e. The number of hydrogen-bond donors (Lipinski definition) is 0. The number of nitrogens with zero attached hydrogens (tertiary/aromatic N) is 2. The van der Waals surface area contributed by atoms with Gasteiger partial charge in [-0.3, -0.25) is 4.79 Å². The predicted octanol–water partition coefficient (Wildman–Crippen LogP) is 5.08. The van der Waals surface area contributed by atoms with Crippen LogP contribution in [0.2, 0.25) is 10.0 Å². The van der Waals surface area contributed by atoms with Crippen LogP contribution in [0.3, 0.4) is 0 Å². The topological polar surface area (TPSA) is 34.4 Å². The normalized spacial score (nSPS) is 12.1. The highest BCUT2D eigenvalue weighted by Gasteiger charge is 2.12. The van der Waals surface area contributed by atoms with E-state index in [0.717, 1.165) is 16.8 Å². The Balaban J connectivity index is 2.17. The van der Waals surface area contributed by atoms with E-state index < -0.39 is 0 Å². The van der Waals surface area contributed by atoms with E-state index in [1.807, 2.05) is 18.4 Å². The van der Waals surface area contributed by atoms with Gasteiger partial charge in [-0.2, -0.15) is 4.99 Å². The van der Waals surface area contributed by atoms with Crippen LogP contribution in [-0.4, -0.2) is 10.5 Å². The molecule has 0 radical (unpaired) electrons. The molecule has 0 atom stereocenters. The first kappa shape index (κ1) is 16.2. The van der Waals surface area contributed by atoms with E-state index >= 15 is 0 Å². The highest BCUT2D eigenvalue weighted by Crippen LogP contribution is 2.22. The summed E-state index contributed by atoms with van der Waals surface area (Å²) in [6.07, 6.45) is 0. The average molecular weight is 365 g/mol. The Morgan fingerprint density at radius 2 is 2.00 bits per heavy atom. The Morgan fingerprint density at radius 1 is 1.22 bits per heavy atom. The summed E-state index contributed by atoms with van der Waals surface area (Å²) in [5.41, 5.74) is 2.57. The maximum atomic E-state index is 12.5. The number of benzene rings is 2. The summed E-state index contributed by atoms with van der Waals surface area (Å²) in [5.74, 6) is -0.386. The molecule has 0 saturated carbocycles. The number of rotatable bonds is 2. The van der Waals surface area contributed by atoms with Crippen molar-refractivity contribution in [2.24, 2.45) is 4.99 Å². The molecule has 0 aliphatic carbocycles. The van der Waals surface area contributed by atoms with Crippen LogP contribution in [-0.2, 0) is 6.54 Å². The van der Waals surface area contributed by atoms with E-state index in [2.05, 4.69) is 23.2 Å². The average Bonchev–Trinajstić information content (AvgIpc) is 2.85. The van der Waals surface area contributed by atoms with Gasteiger partial charge in [0.2, 0.25) is 0 Å². The van der Waals surface area contributed by atoms with Crippen LogP contribution in [0.1, 0.15) is 22.8 Å². The van der Waals surface area contributed by atoms with Crippen LogP contribution in [0.15, 0.2) is 41.4 Å². The van der Waals surface area contributed by atoms with Gasteiger partial charge in [-0.05, 0) is 49.7 Å². The molecule has 0 N–H and O–H groups in total. The fourth-order valence-electron chi connectivity index (χ4n) is 2.38. The molecule has 1 aromatic heterocycles. The van der Waals surface area contributed by atoms with Crippen LogP contribution in [0.5, 0.6) is 0 Å². The molecule has 6 heteroatoms. The van der Waals surface area contributed by atoms with Crippen molar-refractivity contribution < 1.29 is 4.79 Å². The number of halogens is 2. The number of fused-ring (bicyclic) bond motifs is 1. The highest BCUT2D eigenvalue weighted by molar-refractivity contribution is 7.16. The monoisotopic (exact) mass is 364 g/mol. The minimum atomic E-state index is -0.386. The summed E-state index contributed by atoms with van der Waals surface area (Å²) in [6, 6.07) is 11.0. The first-order chi connectivity index (χ1) is 11.0. The fourth-order valence-corrected chi connectivity index (χ4v) is 3.94. The Labute approximate surface area is 147 Å². The first-order valence-corrected chi connectivity index (χ1v) is 8.71. The molecule has 3 nitrogen and oxygen atoms in total. The molecule has 0 spiro atoms. The molecule has 0 fully saturated rings. The van der Waals surface area contributed by atoms with Crippen molar-refractivity contribution >= 4 is 50.7 Å². The van der Waals surface area contributed by atoms with Gasteiger partial charge in [0.05, 0.1) is 20.8 Å². The standard InChI is InChI=1S/C17H14Cl2N2OS/c1-3-21-14-7-4-10(2)8-15(14)23-17(21)20-16(22)12-9-11(18)5-6-13(12)19/h4-9H,3H2,1-2H3. The van der Waals surface area contributed by atoms with E-state index in [1.54, 1.807) is 18.2 Å². The highest BCUT2D eigenvalue weighted by atomic mass is 35.5. The van der Waals surface area contributed by atoms with Crippen LogP contribution in [0, 0.1) is 6.92 Å². The number of thiazole rings is 1. The van der Waals surface area contributed by atoms with Crippen molar-refractivity contribution in [3.05, 3.63) is 62.4 Å². The molecular weight excluding hydrogens is 351 g/mol. The van der Waals surface area contributed by atoms with Crippen LogP contribution in [0.4, 0.5) is 0 Å². The quantitative estimate of drug-likeness (QED) is 0.624. The zero-order valence-corrected chi connectivity index (χ0v) is 15.0. The second kappa shape index (κ2) is 6.48. The molecule has 3 aromatic rings. The molecule has 118 valence electrons. The van der Waals surface area contributed by atoms with E-state index in [9.17, 15) is 4.79 Å². The lowest BCUT2D eigenvalue weighted by atomic mass is 10.2. The van der Waals surface area contributed by atoms with Gasteiger partial charge >= 0.3 is 0 Å². The van der Waals surface area contributed by atoms with Gasteiger partial charge in [0.1, 0.15) is 0 Å². The van der Waals surface area contributed by atoms with Crippen molar-refractivity contribution in [1.82, 2.24) is 4.57 Å². The largest absolute Gasteiger partial charge is 0.317 e.